The first-order chi connectivity index (χ1) is 6.70. The molecule has 0 aromatic heterocycles. The molecule has 3 heteroatoms. The van der Waals surface area contributed by atoms with Crippen molar-refractivity contribution in [2.75, 3.05) is 0 Å². The summed E-state index contributed by atoms with van der Waals surface area (Å²) in [5.41, 5.74) is 1.05. The molecule has 1 aromatic rings. The van der Waals surface area contributed by atoms with Crippen LogP contribution in [0.5, 0.6) is 0 Å². The van der Waals surface area contributed by atoms with Crippen molar-refractivity contribution < 1.29 is 0 Å². The Morgan fingerprint density at radius 1 is 1.14 bits per heavy atom. The van der Waals surface area contributed by atoms with Crippen molar-refractivity contribution in [3.63, 3.8) is 0 Å². The predicted molar refractivity (Wildman–Crippen MR) is 64.0 cm³/mol. The zero-order chi connectivity index (χ0) is 10.4. The third-order valence-corrected chi connectivity index (χ3v) is 2.27. The molecule has 0 saturated carbocycles. The van der Waals surface area contributed by atoms with Crippen molar-refractivity contribution in [2.24, 2.45) is 0 Å². The monoisotopic (exact) mass is 246 g/mol. The minimum absolute atomic E-state index is 0.153. The lowest BCUT2D eigenvalue weighted by Crippen LogP contribution is -1.83. The molecule has 0 aliphatic heterocycles. The summed E-state index contributed by atoms with van der Waals surface area (Å²) in [6.45, 7) is 0. The fourth-order valence-electron chi connectivity index (χ4n) is 0.974. The van der Waals surface area contributed by atoms with E-state index in [1.165, 1.54) is 0 Å². The number of halogens is 3. The highest BCUT2D eigenvalue weighted by Gasteiger charge is 2.00. The van der Waals surface area contributed by atoms with Crippen LogP contribution in [0.15, 0.2) is 53.1 Å². The normalized spacial score (nSPS) is 12.8. The summed E-state index contributed by atoms with van der Waals surface area (Å²) in [6, 6.07) is 9.78. The van der Waals surface area contributed by atoms with E-state index in [0.717, 1.165) is 5.56 Å². The number of alkyl halides is 1. The van der Waals surface area contributed by atoms with Gasteiger partial charge in [-0.15, -0.1) is 11.6 Å². The fourth-order valence-corrected chi connectivity index (χ4v) is 1.35. The molecule has 0 radical (unpaired) electrons. The quantitative estimate of drug-likeness (QED) is 0.529. The summed E-state index contributed by atoms with van der Waals surface area (Å²) < 4.78 is 0.221. The Hall–Kier alpha value is -0.430. The first-order valence-electron chi connectivity index (χ1n) is 4.08. The van der Waals surface area contributed by atoms with Crippen molar-refractivity contribution >= 4 is 34.8 Å². The highest BCUT2D eigenvalue weighted by molar-refractivity contribution is 6.55. The molecule has 1 rings (SSSR count). The van der Waals surface area contributed by atoms with Gasteiger partial charge in [0, 0.05) is 0 Å². The van der Waals surface area contributed by atoms with Crippen LogP contribution in [-0.4, -0.2) is 0 Å². The Bertz CT molecular complexity index is 324. The maximum absolute atomic E-state index is 6.09. The van der Waals surface area contributed by atoms with Gasteiger partial charge in [-0.1, -0.05) is 65.7 Å². The van der Waals surface area contributed by atoms with Crippen LogP contribution in [0.1, 0.15) is 10.9 Å². The minimum atomic E-state index is -0.153. The van der Waals surface area contributed by atoms with Crippen LogP contribution in [0.3, 0.4) is 0 Å². The lowest BCUT2D eigenvalue weighted by Gasteiger charge is -2.02. The molecule has 14 heavy (non-hydrogen) atoms. The van der Waals surface area contributed by atoms with Crippen molar-refractivity contribution in [1.29, 1.82) is 0 Å². The van der Waals surface area contributed by atoms with Gasteiger partial charge >= 0.3 is 0 Å². The predicted octanol–water partition coefficient (Wildman–Crippen LogP) is 4.84. The van der Waals surface area contributed by atoms with Gasteiger partial charge < -0.3 is 0 Å². The summed E-state index contributed by atoms with van der Waals surface area (Å²) in [7, 11) is 0. The molecule has 74 valence electrons. The average molecular weight is 248 g/mol. The molecule has 0 aliphatic carbocycles. The molecule has 0 heterocycles. The Morgan fingerprint density at radius 3 is 2.36 bits per heavy atom. The maximum Gasteiger partial charge on any atom is 0.106 e. The Kier molecular flexibility index (Phi) is 5.10. The zero-order valence-corrected chi connectivity index (χ0v) is 9.60. The highest BCUT2D eigenvalue weighted by Crippen LogP contribution is 2.21. The molecule has 0 amide bonds. The van der Waals surface area contributed by atoms with Gasteiger partial charge in [-0.3, -0.25) is 0 Å². The molecular weight excluding hydrogens is 238 g/mol. The van der Waals surface area contributed by atoms with E-state index >= 15 is 0 Å². The van der Waals surface area contributed by atoms with E-state index in [4.69, 9.17) is 34.8 Å². The van der Waals surface area contributed by atoms with E-state index in [1.807, 2.05) is 36.4 Å². The number of allylic oxidation sites excluding steroid dienone is 3. The standard InChI is InChI=1S/C11H9Cl3/c12-10(7-4-8-11(13)14)9-5-2-1-3-6-9/h1-8,10H. The van der Waals surface area contributed by atoms with Crippen LogP contribution in [-0.2, 0) is 0 Å². The van der Waals surface area contributed by atoms with Gasteiger partial charge in [0.2, 0.25) is 0 Å². The van der Waals surface area contributed by atoms with Crippen molar-refractivity contribution in [3.8, 4) is 0 Å². The third-order valence-electron chi connectivity index (χ3n) is 1.62. The van der Waals surface area contributed by atoms with Crippen molar-refractivity contribution in [2.45, 2.75) is 5.38 Å². The van der Waals surface area contributed by atoms with Gasteiger partial charge in [0.15, 0.2) is 0 Å². The molecule has 1 unspecified atom stereocenters. The molecule has 0 spiro atoms. The number of rotatable bonds is 3. The summed E-state index contributed by atoms with van der Waals surface area (Å²) in [5, 5.41) is -0.153. The molecule has 1 aromatic carbocycles. The van der Waals surface area contributed by atoms with E-state index in [-0.39, 0.29) is 9.87 Å². The van der Waals surface area contributed by atoms with Gasteiger partial charge in [0.1, 0.15) is 4.49 Å². The van der Waals surface area contributed by atoms with Crippen LogP contribution in [0.25, 0.3) is 0 Å². The van der Waals surface area contributed by atoms with E-state index < -0.39 is 0 Å². The second kappa shape index (κ2) is 6.13. The average Bonchev–Trinajstić information content (AvgIpc) is 2.18. The van der Waals surface area contributed by atoms with Crippen LogP contribution < -0.4 is 0 Å². The van der Waals surface area contributed by atoms with E-state index in [1.54, 1.807) is 12.2 Å². The van der Waals surface area contributed by atoms with Crippen molar-refractivity contribution in [1.82, 2.24) is 0 Å². The Balaban J connectivity index is 2.64. The number of hydrogen-bond donors (Lipinski definition) is 0. The topological polar surface area (TPSA) is 0 Å². The van der Waals surface area contributed by atoms with E-state index in [0.29, 0.717) is 0 Å². The van der Waals surface area contributed by atoms with Gasteiger partial charge in [0.05, 0.1) is 5.38 Å². The van der Waals surface area contributed by atoms with Crippen molar-refractivity contribution in [3.05, 3.63) is 58.6 Å². The molecule has 1 atom stereocenters. The zero-order valence-electron chi connectivity index (χ0n) is 7.33. The molecule has 0 bridgehead atoms. The number of hydrogen-bond acceptors (Lipinski definition) is 0. The first kappa shape index (κ1) is 11.6. The van der Waals surface area contributed by atoms with Gasteiger partial charge in [-0.05, 0) is 11.6 Å². The lowest BCUT2D eigenvalue weighted by molar-refractivity contribution is 1.21. The van der Waals surface area contributed by atoms with Gasteiger partial charge in [-0.2, -0.15) is 0 Å². The summed E-state index contributed by atoms with van der Waals surface area (Å²) >= 11 is 17.0. The first-order valence-corrected chi connectivity index (χ1v) is 5.28. The molecule has 0 aliphatic rings. The molecule has 0 fully saturated rings. The van der Waals surface area contributed by atoms with Crippen LogP contribution in [0, 0.1) is 0 Å². The van der Waals surface area contributed by atoms with Gasteiger partial charge in [-0.25, -0.2) is 0 Å². The highest BCUT2D eigenvalue weighted by atomic mass is 35.5. The molecular formula is C11H9Cl3. The Morgan fingerprint density at radius 2 is 1.79 bits per heavy atom. The van der Waals surface area contributed by atoms with Gasteiger partial charge in [0.25, 0.3) is 0 Å². The SMILES string of the molecule is ClC(Cl)=CC=CC(Cl)c1ccccc1. The fraction of sp³-hybridized carbons (Fsp3) is 0.0909. The second-order valence-electron chi connectivity index (χ2n) is 2.65. The Labute approximate surface area is 98.8 Å². The van der Waals surface area contributed by atoms with Crippen LogP contribution >= 0.6 is 34.8 Å². The minimum Gasteiger partial charge on any atom is -0.113 e. The van der Waals surface area contributed by atoms with Crippen LogP contribution in [0.2, 0.25) is 0 Å². The van der Waals surface area contributed by atoms with E-state index in [9.17, 15) is 0 Å². The molecule has 0 nitrogen and oxygen atoms in total. The molecule has 0 N–H and O–H groups in total. The molecule has 0 saturated heterocycles. The third kappa shape index (κ3) is 4.19. The van der Waals surface area contributed by atoms with E-state index in [2.05, 4.69) is 0 Å². The second-order valence-corrected chi connectivity index (χ2v) is 4.13. The summed E-state index contributed by atoms with van der Waals surface area (Å²) in [4.78, 5) is 0. The summed E-state index contributed by atoms with van der Waals surface area (Å²) in [6.07, 6.45) is 5.14. The number of benzene rings is 1. The maximum atomic E-state index is 6.09. The largest absolute Gasteiger partial charge is 0.113 e. The smallest absolute Gasteiger partial charge is 0.106 e. The summed E-state index contributed by atoms with van der Waals surface area (Å²) in [5.74, 6) is 0. The van der Waals surface area contributed by atoms with Crippen LogP contribution in [0.4, 0.5) is 0 Å². The lowest BCUT2D eigenvalue weighted by atomic mass is 10.1.